The molecule has 0 spiro atoms. The first kappa shape index (κ1) is 25.9. The van der Waals surface area contributed by atoms with Crippen molar-refractivity contribution >= 4 is 40.7 Å². The van der Waals surface area contributed by atoms with Gasteiger partial charge in [-0.05, 0) is 45.4 Å². The molecule has 3 heterocycles. The van der Waals surface area contributed by atoms with Crippen LogP contribution in [-0.2, 0) is 27.3 Å². The van der Waals surface area contributed by atoms with E-state index >= 15 is 0 Å². The van der Waals surface area contributed by atoms with Crippen LogP contribution in [0, 0.1) is 11.8 Å². The predicted octanol–water partition coefficient (Wildman–Crippen LogP) is 2.24. The molecule has 5 rings (SSSR count). The molecule has 5 atom stereocenters. The number of esters is 1. The Kier molecular flexibility index (Phi) is 7.69. The molecule has 3 N–H and O–H groups in total. The van der Waals surface area contributed by atoms with Gasteiger partial charge in [0.05, 0.1) is 36.0 Å². The van der Waals surface area contributed by atoms with E-state index in [4.69, 9.17) is 16.3 Å². The standard InChI is InChI=1S/C26H32ClN5O4S/c1-3-36-26(35)14-4-6-18(29-23(33)21-12-15-10-16(27)5-7-17(15)28-21)20(11-14)30-24(34)25-31-19-8-9-32(2)13-22(19)37-25/h5,7,10,12,14-15,17-18,20,28H,3-4,6,8-9,11,13H2,1-2H3,(H,29,33)(H,30,34)/t14-,15?,17?,18-,20+/m0/s1. The van der Waals surface area contributed by atoms with Crippen molar-refractivity contribution in [3.8, 4) is 0 Å². The maximum absolute atomic E-state index is 13.2. The molecule has 0 radical (unpaired) electrons. The monoisotopic (exact) mass is 545 g/mol. The Morgan fingerprint density at radius 3 is 2.84 bits per heavy atom. The lowest BCUT2D eigenvalue weighted by Gasteiger charge is -2.36. The van der Waals surface area contributed by atoms with Gasteiger partial charge in [-0.15, -0.1) is 11.3 Å². The average Bonchev–Trinajstić information content (AvgIpc) is 3.49. The van der Waals surface area contributed by atoms with E-state index in [1.807, 2.05) is 24.3 Å². The summed E-state index contributed by atoms with van der Waals surface area (Å²) in [7, 11) is 2.05. The van der Waals surface area contributed by atoms with E-state index < -0.39 is 6.04 Å². The summed E-state index contributed by atoms with van der Waals surface area (Å²) in [5.74, 6) is -1.09. The average molecular weight is 546 g/mol. The Balaban J connectivity index is 1.29. The minimum absolute atomic E-state index is 0.00622. The number of ether oxygens (including phenoxy) is 1. The van der Waals surface area contributed by atoms with Gasteiger partial charge in [-0.2, -0.15) is 0 Å². The lowest BCUT2D eigenvalue weighted by Crippen LogP contribution is -2.56. The number of likely N-dealkylation sites (N-methyl/N-ethyl adjacent to an activating group) is 1. The predicted molar refractivity (Wildman–Crippen MR) is 141 cm³/mol. The van der Waals surface area contributed by atoms with E-state index in [-0.39, 0.29) is 41.7 Å². The third kappa shape index (κ3) is 5.76. The van der Waals surface area contributed by atoms with Crippen LogP contribution < -0.4 is 16.0 Å². The number of hydrogen-bond donors (Lipinski definition) is 3. The maximum atomic E-state index is 13.2. The molecule has 2 aliphatic heterocycles. The van der Waals surface area contributed by atoms with E-state index in [1.165, 1.54) is 11.3 Å². The Morgan fingerprint density at radius 2 is 2.03 bits per heavy atom. The van der Waals surface area contributed by atoms with E-state index in [0.717, 1.165) is 30.1 Å². The van der Waals surface area contributed by atoms with Crippen molar-refractivity contribution in [2.75, 3.05) is 20.2 Å². The van der Waals surface area contributed by atoms with Crippen molar-refractivity contribution in [3.05, 3.63) is 50.6 Å². The molecule has 2 amide bonds. The van der Waals surface area contributed by atoms with Crippen LogP contribution in [0.1, 0.15) is 46.6 Å². The molecule has 1 saturated carbocycles. The summed E-state index contributed by atoms with van der Waals surface area (Å²) in [5, 5.41) is 10.5. The number of allylic oxidation sites excluding steroid dienone is 2. The first-order valence-electron chi connectivity index (χ1n) is 12.8. The third-order valence-corrected chi connectivity index (χ3v) is 8.71. The van der Waals surface area contributed by atoms with E-state index in [9.17, 15) is 14.4 Å². The minimum atomic E-state index is -0.429. The van der Waals surface area contributed by atoms with Crippen molar-refractivity contribution < 1.29 is 19.1 Å². The molecule has 37 heavy (non-hydrogen) atoms. The van der Waals surface area contributed by atoms with Gasteiger partial charge >= 0.3 is 5.97 Å². The molecule has 4 aliphatic rings. The Hall–Kier alpha value is -2.69. The molecule has 2 unspecified atom stereocenters. The molecule has 0 bridgehead atoms. The van der Waals surface area contributed by atoms with Gasteiger partial charge in [-0.1, -0.05) is 23.8 Å². The van der Waals surface area contributed by atoms with E-state index in [1.54, 1.807) is 6.92 Å². The van der Waals surface area contributed by atoms with Crippen molar-refractivity contribution in [1.82, 2.24) is 25.8 Å². The number of carbonyl (C=O) groups is 3. The van der Waals surface area contributed by atoms with E-state index in [0.29, 0.717) is 41.6 Å². The Bertz CT molecular complexity index is 1180. The molecule has 11 heteroatoms. The van der Waals surface area contributed by atoms with Gasteiger partial charge in [0, 0.05) is 41.4 Å². The summed E-state index contributed by atoms with van der Waals surface area (Å²) in [4.78, 5) is 46.8. The van der Waals surface area contributed by atoms with Crippen molar-refractivity contribution in [2.45, 2.75) is 57.3 Å². The second-order valence-corrected chi connectivity index (χ2v) is 11.6. The normalized spacial score (nSPS) is 28.8. The fourth-order valence-corrected chi connectivity index (χ4v) is 6.71. The molecule has 1 aromatic rings. The zero-order valence-corrected chi connectivity index (χ0v) is 22.5. The fourth-order valence-electron chi connectivity index (χ4n) is 5.40. The van der Waals surface area contributed by atoms with Crippen LogP contribution >= 0.6 is 22.9 Å². The Labute approximate surface area is 225 Å². The number of amides is 2. The van der Waals surface area contributed by atoms with Gasteiger partial charge in [-0.25, -0.2) is 4.98 Å². The number of aromatic nitrogens is 1. The number of hydrogen-bond acceptors (Lipinski definition) is 8. The highest BCUT2D eigenvalue weighted by molar-refractivity contribution is 7.13. The number of nitrogens with zero attached hydrogens (tertiary/aromatic N) is 2. The molecule has 1 fully saturated rings. The summed E-state index contributed by atoms with van der Waals surface area (Å²) in [6.07, 6.45) is 9.89. The highest BCUT2D eigenvalue weighted by Gasteiger charge is 2.38. The molecular weight excluding hydrogens is 514 g/mol. The molecule has 198 valence electrons. The van der Waals surface area contributed by atoms with Crippen molar-refractivity contribution in [3.63, 3.8) is 0 Å². The largest absolute Gasteiger partial charge is 0.466 e. The SMILES string of the molecule is CCOC(=O)[C@H]1CC[C@H](NC(=O)C2=CC3C=C(Cl)C=CC3N2)[C@H](NC(=O)c2nc3c(s2)CN(C)CC3)C1. The first-order chi connectivity index (χ1) is 17.8. The smallest absolute Gasteiger partial charge is 0.308 e. The van der Waals surface area contributed by atoms with Gasteiger partial charge in [0.2, 0.25) is 0 Å². The number of nitrogens with one attached hydrogen (secondary N) is 3. The van der Waals surface area contributed by atoms with Gasteiger partial charge < -0.3 is 25.6 Å². The fraction of sp³-hybridized carbons (Fsp3) is 0.538. The number of rotatable bonds is 6. The number of fused-ring (bicyclic) bond motifs is 2. The van der Waals surface area contributed by atoms with Crippen LogP contribution in [0.2, 0.25) is 0 Å². The summed E-state index contributed by atoms with van der Waals surface area (Å²) < 4.78 is 5.25. The van der Waals surface area contributed by atoms with Gasteiger partial charge in [0.15, 0.2) is 5.01 Å². The lowest BCUT2D eigenvalue weighted by atomic mass is 9.82. The first-order valence-corrected chi connectivity index (χ1v) is 14.0. The highest BCUT2D eigenvalue weighted by Crippen LogP contribution is 2.30. The third-order valence-electron chi connectivity index (χ3n) is 7.37. The van der Waals surface area contributed by atoms with Crippen LogP contribution in [-0.4, -0.2) is 66.0 Å². The minimum Gasteiger partial charge on any atom is -0.466 e. The summed E-state index contributed by atoms with van der Waals surface area (Å²) in [6, 6.07) is -0.766. The van der Waals surface area contributed by atoms with Crippen LogP contribution in [0.15, 0.2) is 35.0 Å². The highest BCUT2D eigenvalue weighted by atomic mass is 35.5. The molecule has 2 aliphatic carbocycles. The molecule has 0 saturated heterocycles. The number of halogens is 1. The molecule has 0 aromatic carbocycles. The topological polar surface area (TPSA) is 113 Å². The van der Waals surface area contributed by atoms with Crippen LogP contribution in [0.4, 0.5) is 0 Å². The van der Waals surface area contributed by atoms with Gasteiger partial charge in [0.25, 0.3) is 11.8 Å². The lowest BCUT2D eigenvalue weighted by molar-refractivity contribution is -0.149. The summed E-state index contributed by atoms with van der Waals surface area (Å²) in [5.41, 5.74) is 1.46. The molecule has 1 aromatic heterocycles. The second-order valence-electron chi connectivity index (χ2n) is 10.0. The summed E-state index contributed by atoms with van der Waals surface area (Å²) in [6.45, 7) is 3.79. The quantitative estimate of drug-likeness (QED) is 0.470. The van der Waals surface area contributed by atoms with Crippen LogP contribution in [0.25, 0.3) is 0 Å². The van der Waals surface area contributed by atoms with Crippen molar-refractivity contribution in [2.24, 2.45) is 11.8 Å². The van der Waals surface area contributed by atoms with Gasteiger partial charge in [-0.3, -0.25) is 14.4 Å². The number of thiazole rings is 1. The molecule has 9 nitrogen and oxygen atoms in total. The zero-order valence-electron chi connectivity index (χ0n) is 21.0. The van der Waals surface area contributed by atoms with Crippen molar-refractivity contribution in [1.29, 1.82) is 0 Å². The van der Waals surface area contributed by atoms with E-state index in [2.05, 4.69) is 32.9 Å². The second kappa shape index (κ2) is 11.0. The van der Waals surface area contributed by atoms with Crippen LogP contribution in [0.5, 0.6) is 0 Å². The van der Waals surface area contributed by atoms with Crippen LogP contribution in [0.3, 0.4) is 0 Å². The molecular formula is C26H32ClN5O4S. The number of carbonyl (C=O) groups excluding carboxylic acids is 3. The zero-order chi connectivity index (χ0) is 26.1. The Morgan fingerprint density at radius 1 is 1.22 bits per heavy atom. The summed E-state index contributed by atoms with van der Waals surface area (Å²) >= 11 is 7.53. The maximum Gasteiger partial charge on any atom is 0.308 e. The van der Waals surface area contributed by atoms with Gasteiger partial charge in [0.1, 0.15) is 0 Å².